The van der Waals surface area contributed by atoms with Crippen molar-refractivity contribution in [2.45, 2.75) is 25.4 Å². The number of amides is 3. The topological polar surface area (TPSA) is 108 Å². The van der Waals surface area contributed by atoms with Crippen molar-refractivity contribution in [1.29, 1.82) is 0 Å². The highest BCUT2D eigenvalue weighted by molar-refractivity contribution is 5.94. The Morgan fingerprint density at radius 2 is 1.95 bits per heavy atom. The van der Waals surface area contributed by atoms with Crippen molar-refractivity contribution in [3.63, 3.8) is 0 Å². The lowest BCUT2D eigenvalue weighted by Crippen LogP contribution is -2.41. The van der Waals surface area contributed by atoms with E-state index in [-0.39, 0.29) is 25.0 Å². The zero-order chi connectivity index (χ0) is 15.0. The third-order valence-electron chi connectivity index (χ3n) is 3.11. The SMILES string of the molecule is CNC(=O)NC(=O)CCN1CCC(OCC(=O)O)CC1. The van der Waals surface area contributed by atoms with Crippen LogP contribution >= 0.6 is 0 Å². The van der Waals surface area contributed by atoms with Crippen LogP contribution in [0.4, 0.5) is 4.79 Å². The van der Waals surface area contributed by atoms with Gasteiger partial charge in [0.1, 0.15) is 6.61 Å². The molecule has 0 spiro atoms. The molecule has 1 rings (SSSR count). The number of aliphatic carboxylic acids is 1. The molecule has 8 nitrogen and oxygen atoms in total. The van der Waals surface area contributed by atoms with E-state index >= 15 is 0 Å². The smallest absolute Gasteiger partial charge is 0.329 e. The Bertz CT molecular complexity index is 353. The van der Waals surface area contributed by atoms with Crippen molar-refractivity contribution in [2.75, 3.05) is 33.3 Å². The van der Waals surface area contributed by atoms with Gasteiger partial charge in [-0.1, -0.05) is 0 Å². The first-order valence-electron chi connectivity index (χ1n) is 6.58. The molecular formula is C12H21N3O5. The quantitative estimate of drug-likeness (QED) is 0.602. The van der Waals surface area contributed by atoms with Gasteiger partial charge in [0.2, 0.25) is 5.91 Å². The van der Waals surface area contributed by atoms with Crippen LogP contribution in [-0.2, 0) is 14.3 Å². The molecule has 8 heteroatoms. The van der Waals surface area contributed by atoms with Gasteiger partial charge in [0.15, 0.2) is 0 Å². The Morgan fingerprint density at radius 1 is 1.30 bits per heavy atom. The predicted molar refractivity (Wildman–Crippen MR) is 70.3 cm³/mol. The molecule has 114 valence electrons. The zero-order valence-electron chi connectivity index (χ0n) is 11.6. The molecule has 1 saturated heterocycles. The predicted octanol–water partition coefficient (Wildman–Crippen LogP) is -0.602. The van der Waals surface area contributed by atoms with E-state index in [1.54, 1.807) is 0 Å². The van der Waals surface area contributed by atoms with Crippen LogP contribution in [0.1, 0.15) is 19.3 Å². The number of carboxylic acids is 1. The Hall–Kier alpha value is -1.67. The molecule has 0 bridgehead atoms. The summed E-state index contributed by atoms with van der Waals surface area (Å²) in [6.45, 7) is 1.84. The number of carboxylic acid groups (broad SMARTS) is 1. The van der Waals surface area contributed by atoms with Crippen molar-refractivity contribution in [3.05, 3.63) is 0 Å². The number of ether oxygens (including phenoxy) is 1. The van der Waals surface area contributed by atoms with E-state index in [0.29, 0.717) is 6.54 Å². The van der Waals surface area contributed by atoms with Gasteiger partial charge in [0.05, 0.1) is 6.10 Å². The Morgan fingerprint density at radius 3 is 2.50 bits per heavy atom. The lowest BCUT2D eigenvalue weighted by atomic mass is 10.1. The number of piperidine rings is 1. The summed E-state index contributed by atoms with van der Waals surface area (Å²) in [6, 6.07) is -0.504. The average Bonchev–Trinajstić information content (AvgIpc) is 2.43. The Kier molecular flexibility index (Phi) is 6.96. The van der Waals surface area contributed by atoms with Crippen molar-refractivity contribution in [1.82, 2.24) is 15.5 Å². The molecule has 1 fully saturated rings. The van der Waals surface area contributed by atoms with E-state index in [9.17, 15) is 14.4 Å². The highest BCUT2D eigenvalue weighted by atomic mass is 16.5. The minimum absolute atomic E-state index is 0.0259. The van der Waals surface area contributed by atoms with Gasteiger partial charge in [-0.2, -0.15) is 0 Å². The molecule has 1 aliphatic heterocycles. The van der Waals surface area contributed by atoms with Gasteiger partial charge in [-0.05, 0) is 12.8 Å². The van der Waals surface area contributed by atoms with Crippen LogP contribution in [-0.4, -0.2) is 67.3 Å². The standard InChI is InChI=1S/C12H21N3O5/c1-13-12(19)14-10(16)4-7-15-5-2-9(3-6-15)20-8-11(17)18/h9H,2-8H2,1H3,(H,17,18)(H2,13,14,16,19). The maximum Gasteiger partial charge on any atom is 0.329 e. The molecule has 0 atom stereocenters. The number of nitrogens with zero attached hydrogens (tertiary/aromatic N) is 1. The molecule has 0 aromatic heterocycles. The van der Waals surface area contributed by atoms with Crippen LogP contribution < -0.4 is 10.6 Å². The number of hydrogen-bond acceptors (Lipinski definition) is 5. The van der Waals surface area contributed by atoms with E-state index in [1.807, 2.05) is 0 Å². The molecule has 0 aliphatic carbocycles. The minimum atomic E-state index is -0.960. The first kappa shape index (κ1) is 16.4. The van der Waals surface area contributed by atoms with Gasteiger partial charge >= 0.3 is 12.0 Å². The molecule has 1 aliphatic rings. The van der Waals surface area contributed by atoms with Crippen LogP contribution in [0.5, 0.6) is 0 Å². The summed E-state index contributed by atoms with van der Waals surface area (Å²) in [5.41, 5.74) is 0. The van der Waals surface area contributed by atoms with Crippen LogP contribution in [0, 0.1) is 0 Å². The fraction of sp³-hybridized carbons (Fsp3) is 0.750. The fourth-order valence-electron chi connectivity index (χ4n) is 2.00. The maximum absolute atomic E-state index is 11.4. The molecule has 0 radical (unpaired) electrons. The van der Waals surface area contributed by atoms with Gasteiger partial charge in [0, 0.05) is 33.1 Å². The van der Waals surface area contributed by atoms with Crippen LogP contribution in [0.3, 0.4) is 0 Å². The first-order valence-corrected chi connectivity index (χ1v) is 6.58. The van der Waals surface area contributed by atoms with Gasteiger partial charge in [0.25, 0.3) is 0 Å². The van der Waals surface area contributed by atoms with E-state index in [2.05, 4.69) is 15.5 Å². The fourth-order valence-corrected chi connectivity index (χ4v) is 2.00. The number of carbonyl (C=O) groups excluding carboxylic acids is 2. The molecule has 0 aromatic rings. The Balaban J connectivity index is 2.14. The monoisotopic (exact) mass is 287 g/mol. The second-order valence-electron chi connectivity index (χ2n) is 4.62. The highest BCUT2D eigenvalue weighted by Crippen LogP contribution is 2.13. The summed E-state index contributed by atoms with van der Waals surface area (Å²) in [5.74, 6) is -1.27. The third kappa shape index (κ3) is 6.48. The molecule has 0 saturated carbocycles. The number of nitrogens with one attached hydrogen (secondary N) is 2. The second kappa shape index (κ2) is 8.49. The molecule has 3 amide bonds. The van der Waals surface area contributed by atoms with Gasteiger partial charge in [-0.15, -0.1) is 0 Å². The summed E-state index contributed by atoms with van der Waals surface area (Å²) in [5, 5.41) is 13.0. The second-order valence-corrected chi connectivity index (χ2v) is 4.62. The van der Waals surface area contributed by atoms with Gasteiger partial charge < -0.3 is 20.1 Å². The van der Waals surface area contributed by atoms with Crippen LogP contribution in [0.2, 0.25) is 0 Å². The summed E-state index contributed by atoms with van der Waals surface area (Å²) < 4.78 is 5.23. The number of likely N-dealkylation sites (tertiary alicyclic amines) is 1. The van der Waals surface area contributed by atoms with Crippen molar-refractivity contribution >= 4 is 17.9 Å². The maximum atomic E-state index is 11.4. The molecule has 1 heterocycles. The van der Waals surface area contributed by atoms with E-state index in [1.165, 1.54) is 7.05 Å². The van der Waals surface area contributed by atoms with Crippen molar-refractivity contribution in [2.24, 2.45) is 0 Å². The number of imide groups is 1. The number of carbonyl (C=O) groups is 3. The lowest BCUT2D eigenvalue weighted by Gasteiger charge is -2.31. The van der Waals surface area contributed by atoms with Crippen LogP contribution in [0.15, 0.2) is 0 Å². The largest absolute Gasteiger partial charge is 0.480 e. The first-order chi connectivity index (χ1) is 9.51. The number of rotatable bonds is 6. The van der Waals surface area contributed by atoms with Crippen LogP contribution in [0.25, 0.3) is 0 Å². The average molecular weight is 287 g/mol. The summed E-state index contributed by atoms with van der Waals surface area (Å²) in [4.78, 5) is 34.8. The van der Waals surface area contributed by atoms with E-state index in [0.717, 1.165) is 25.9 Å². The normalized spacial score (nSPS) is 16.6. The number of urea groups is 1. The molecule has 20 heavy (non-hydrogen) atoms. The van der Waals surface area contributed by atoms with Gasteiger partial charge in [-0.25, -0.2) is 9.59 Å². The summed E-state index contributed by atoms with van der Waals surface area (Å²) in [6.07, 6.45) is 1.74. The number of hydrogen-bond donors (Lipinski definition) is 3. The summed E-state index contributed by atoms with van der Waals surface area (Å²) in [7, 11) is 1.45. The molecule has 0 aromatic carbocycles. The van der Waals surface area contributed by atoms with Crippen molar-refractivity contribution < 1.29 is 24.2 Å². The van der Waals surface area contributed by atoms with E-state index < -0.39 is 12.0 Å². The molecular weight excluding hydrogens is 266 g/mol. The zero-order valence-corrected chi connectivity index (χ0v) is 11.6. The molecule has 3 N–H and O–H groups in total. The van der Waals surface area contributed by atoms with Crippen molar-refractivity contribution in [3.8, 4) is 0 Å². The highest BCUT2D eigenvalue weighted by Gasteiger charge is 2.20. The molecule has 0 unspecified atom stereocenters. The third-order valence-corrected chi connectivity index (χ3v) is 3.11. The summed E-state index contributed by atoms with van der Waals surface area (Å²) >= 11 is 0. The van der Waals surface area contributed by atoms with E-state index in [4.69, 9.17) is 9.84 Å². The Labute approximate surface area is 117 Å². The minimum Gasteiger partial charge on any atom is -0.480 e. The van der Waals surface area contributed by atoms with Gasteiger partial charge in [-0.3, -0.25) is 10.1 Å². The lowest BCUT2D eigenvalue weighted by molar-refractivity contribution is -0.145.